The molecule has 0 aliphatic heterocycles. The Labute approximate surface area is 153 Å². The zero-order valence-corrected chi connectivity index (χ0v) is 15.3. The van der Waals surface area contributed by atoms with Gasteiger partial charge in [0.25, 0.3) is 0 Å². The van der Waals surface area contributed by atoms with E-state index in [0.29, 0.717) is 0 Å². The van der Waals surface area contributed by atoms with Crippen molar-refractivity contribution in [3.63, 3.8) is 0 Å². The lowest BCUT2D eigenvalue weighted by atomic mass is 10.2. The number of aryl methyl sites for hydroxylation is 2. The number of nitrogens with zero attached hydrogens (tertiary/aromatic N) is 6. The van der Waals surface area contributed by atoms with Crippen molar-refractivity contribution in [1.82, 2.24) is 29.1 Å². The second-order valence-corrected chi connectivity index (χ2v) is 7.35. The van der Waals surface area contributed by atoms with Crippen LogP contribution in [0.25, 0.3) is 17.1 Å². The first-order valence-corrected chi connectivity index (χ1v) is 9.21. The van der Waals surface area contributed by atoms with E-state index in [0.717, 1.165) is 38.0 Å². The molecule has 0 spiro atoms. The van der Waals surface area contributed by atoms with Crippen LogP contribution in [0.5, 0.6) is 0 Å². The molecule has 0 saturated carbocycles. The van der Waals surface area contributed by atoms with Crippen molar-refractivity contribution in [2.24, 2.45) is 0 Å². The zero-order valence-electron chi connectivity index (χ0n) is 13.6. The lowest BCUT2D eigenvalue weighted by molar-refractivity contribution is 0.879. The second-order valence-electron chi connectivity index (χ2n) is 5.38. The molecular weight excluding hydrogens is 352 g/mol. The molecule has 4 aromatic rings. The molecule has 0 bridgehead atoms. The maximum Gasteiger partial charge on any atom is 0.203 e. The maximum absolute atomic E-state index is 4.42. The van der Waals surface area contributed by atoms with Crippen molar-refractivity contribution < 1.29 is 0 Å². The largest absolute Gasteiger partial charge is 0.269 e. The Morgan fingerprint density at radius 1 is 1.04 bits per heavy atom. The Hall–Kier alpha value is -2.58. The molecule has 3 aromatic heterocycles. The summed E-state index contributed by atoms with van der Waals surface area (Å²) >= 11 is 2.83. The van der Waals surface area contributed by atoms with Crippen molar-refractivity contribution in [3.05, 3.63) is 60.2 Å². The van der Waals surface area contributed by atoms with E-state index in [-0.39, 0.29) is 0 Å². The molecule has 4 rings (SSSR count). The summed E-state index contributed by atoms with van der Waals surface area (Å²) in [6, 6.07) is 12.1. The molecular formula is C17H14N6S2. The van der Waals surface area contributed by atoms with Crippen LogP contribution in [0.4, 0.5) is 0 Å². The number of hydrogen-bond donors (Lipinski definition) is 0. The Morgan fingerprint density at radius 3 is 2.64 bits per heavy atom. The average Bonchev–Trinajstić information content (AvgIpc) is 3.23. The number of pyridine rings is 1. The summed E-state index contributed by atoms with van der Waals surface area (Å²) in [6.45, 7) is 3.96. The van der Waals surface area contributed by atoms with Crippen molar-refractivity contribution in [1.29, 1.82) is 0 Å². The smallest absolute Gasteiger partial charge is 0.203 e. The fourth-order valence-electron chi connectivity index (χ4n) is 2.45. The second kappa shape index (κ2) is 6.73. The Balaban J connectivity index is 1.87. The van der Waals surface area contributed by atoms with Gasteiger partial charge in [-0.25, -0.2) is 4.98 Å². The molecule has 124 valence electrons. The third kappa shape index (κ3) is 3.18. The highest BCUT2D eigenvalue weighted by Gasteiger charge is 2.19. The molecule has 25 heavy (non-hydrogen) atoms. The van der Waals surface area contributed by atoms with Crippen LogP contribution in [0.3, 0.4) is 0 Å². The van der Waals surface area contributed by atoms with E-state index in [1.807, 2.05) is 35.8 Å². The number of aromatic nitrogens is 6. The lowest BCUT2D eigenvalue weighted by Crippen LogP contribution is -2.01. The minimum absolute atomic E-state index is 0.754. The maximum atomic E-state index is 4.42. The summed E-state index contributed by atoms with van der Waals surface area (Å²) in [7, 11) is 0. The summed E-state index contributed by atoms with van der Waals surface area (Å²) in [6.07, 6.45) is 3.54. The Bertz CT molecular complexity index is 1010. The summed E-state index contributed by atoms with van der Waals surface area (Å²) in [5, 5.41) is 9.57. The Kier molecular flexibility index (Phi) is 4.29. The van der Waals surface area contributed by atoms with Crippen LogP contribution in [0.15, 0.2) is 58.3 Å². The molecule has 1 aromatic carbocycles. The summed E-state index contributed by atoms with van der Waals surface area (Å²) in [5.41, 5.74) is 3.09. The molecule has 0 aliphatic carbocycles. The Morgan fingerprint density at radius 2 is 1.92 bits per heavy atom. The third-order valence-corrected chi connectivity index (χ3v) is 5.39. The highest BCUT2D eigenvalue weighted by molar-refractivity contribution is 8.00. The van der Waals surface area contributed by atoms with Crippen molar-refractivity contribution >= 4 is 23.3 Å². The van der Waals surface area contributed by atoms with Gasteiger partial charge in [-0.2, -0.15) is 4.37 Å². The van der Waals surface area contributed by atoms with Crippen LogP contribution < -0.4 is 0 Å². The molecule has 0 unspecified atom stereocenters. The van der Waals surface area contributed by atoms with E-state index in [9.17, 15) is 0 Å². The van der Waals surface area contributed by atoms with E-state index in [1.54, 1.807) is 12.4 Å². The van der Waals surface area contributed by atoms with E-state index < -0.39 is 0 Å². The van der Waals surface area contributed by atoms with Gasteiger partial charge in [-0.15, -0.1) is 10.2 Å². The van der Waals surface area contributed by atoms with Gasteiger partial charge in [-0.05, 0) is 60.9 Å². The van der Waals surface area contributed by atoms with Gasteiger partial charge in [0, 0.05) is 18.0 Å². The molecule has 0 fully saturated rings. The van der Waals surface area contributed by atoms with Gasteiger partial charge in [0.05, 0.1) is 5.69 Å². The highest BCUT2D eigenvalue weighted by atomic mass is 32.2. The van der Waals surface area contributed by atoms with E-state index in [4.69, 9.17) is 0 Å². The third-order valence-electron chi connectivity index (χ3n) is 3.60. The standard InChI is InChI=1S/C17H14N6S2/c1-11-6-3-4-8-14(11)23-15(13-7-5-9-18-10-13)20-21-16(23)24-17-19-12(2)22-25-17/h3-10H,1-2H3. The molecule has 8 heteroatoms. The van der Waals surface area contributed by atoms with Crippen molar-refractivity contribution in [2.45, 2.75) is 23.3 Å². The SMILES string of the molecule is Cc1nsc(Sc2nnc(-c3cccnc3)n2-c2ccccc2C)n1. The number of para-hydroxylation sites is 1. The van der Waals surface area contributed by atoms with Gasteiger partial charge in [0.1, 0.15) is 5.82 Å². The molecule has 0 aliphatic rings. The van der Waals surface area contributed by atoms with E-state index in [2.05, 4.69) is 43.6 Å². The number of rotatable bonds is 4. The van der Waals surface area contributed by atoms with Gasteiger partial charge >= 0.3 is 0 Å². The predicted molar refractivity (Wildman–Crippen MR) is 98.1 cm³/mol. The van der Waals surface area contributed by atoms with Crippen LogP contribution in [-0.2, 0) is 0 Å². The zero-order chi connectivity index (χ0) is 17.2. The van der Waals surface area contributed by atoms with Crippen molar-refractivity contribution in [2.75, 3.05) is 0 Å². The van der Waals surface area contributed by atoms with E-state index >= 15 is 0 Å². The van der Waals surface area contributed by atoms with Crippen LogP contribution in [0.1, 0.15) is 11.4 Å². The van der Waals surface area contributed by atoms with Crippen LogP contribution in [0, 0.1) is 13.8 Å². The molecule has 0 saturated heterocycles. The first kappa shape index (κ1) is 15.9. The monoisotopic (exact) mass is 366 g/mol. The number of benzene rings is 1. The van der Waals surface area contributed by atoms with Crippen LogP contribution >= 0.6 is 23.3 Å². The van der Waals surface area contributed by atoms with E-state index in [1.165, 1.54) is 23.3 Å². The van der Waals surface area contributed by atoms with Crippen LogP contribution in [0.2, 0.25) is 0 Å². The summed E-state index contributed by atoms with van der Waals surface area (Å²) < 4.78 is 7.13. The number of hydrogen-bond acceptors (Lipinski definition) is 7. The first-order chi connectivity index (χ1) is 12.2. The first-order valence-electron chi connectivity index (χ1n) is 7.62. The minimum Gasteiger partial charge on any atom is -0.269 e. The molecule has 0 amide bonds. The van der Waals surface area contributed by atoms with Gasteiger partial charge in [0.2, 0.25) is 5.16 Å². The molecule has 3 heterocycles. The average molecular weight is 366 g/mol. The van der Waals surface area contributed by atoms with Gasteiger partial charge in [-0.3, -0.25) is 9.55 Å². The fraction of sp³-hybridized carbons (Fsp3) is 0.118. The highest BCUT2D eigenvalue weighted by Crippen LogP contribution is 2.33. The predicted octanol–water partition coefficient (Wildman–Crippen LogP) is 3.95. The molecule has 0 radical (unpaired) electrons. The lowest BCUT2D eigenvalue weighted by Gasteiger charge is -2.12. The minimum atomic E-state index is 0.754. The normalized spacial score (nSPS) is 11.0. The van der Waals surface area contributed by atoms with Crippen LogP contribution in [-0.4, -0.2) is 29.1 Å². The quantitative estimate of drug-likeness (QED) is 0.545. The van der Waals surface area contributed by atoms with Crippen molar-refractivity contribution in [3.8, 4) is 17.1 Å². The van der Waals surface area contributed by atoms with Gasteiger partial charge in [0.15, 0.2) is 10.2 Å². The molecule has 0 atom stereocenters. The fourth-order valence-corrected chi connectivity index (χ4v) is 4.05. The van der Waals surface area contributed by atoms with Gasteiger partial charge < -0.3 is 0 Å². The molecule has 0 N–H and O–H groups in total. The summed E-state index contributed by atoms with van der Waals surface area (Å²) in [4.78, 5) is 8.63. The molecule has 6 nitrogen and oxygen atoms in total. The summed E-state index contributed by atoms with van der Waals surface area (Å²) in [5.74, 6) is 1.52. The topological polar surface area (TPSA) is 69.4 Å². The van der Waals surface area contributed by atoms with Gasteiger partial charge in [-0.1, -0.05) is 18.2 Å².